The summed E-state index contributed by atoms with van der Waals surface area (Å²) < 4.78 is 0. The zero-order valence-corrected chi connectivity index (χ0v) is 13.7. The summed E-state index contributed by atoms with van der Waals surface area (Å²) in [4.78, 5) is 11.4. The molecule has 0 aromatic carbocycles. The highest BCUT2D eigenvalue weighted by Gasteiger charge is 2.20. The monoisotopic (exact) mass is 295 g/mol. The predicted molar refractivity (Wildman–Crippen MR) is 85.4 cm³/mol. The minimum Gasteiger partial charge on any atom is -0.356 e. The van der Waals surface area contributed by atoms with E-state index < -0.39 is 0 Å². The van der Waals surface area contributed by atoms with Crippen molar-refractivity contribution in [2.75, 3.05) is 18.0 Å². The number of halogens is 1. The van der Waals surface area contributed by atoms with E-state index in [-0.39, 0.29) is 0 Å². The third-order valence-corrected chi connectivity index (χ3v) is 4.43. The molecule has 0 amide bonds. The van der Waals surface area contributed by atoms with E-state index in [0.29, 0.717) is 5.15 Å². The van der Waals surface area contributed by atoms with Gasteiger partial charge in [-0.2, -0.15) is 0 Å². The Morgan fingerprint density at radius 3 is 2.80 bits per heavy atom. The second kappa shape index (κ2) is 7.26. The molecule has 0 radical (unpaired) electrons. The van der Waals surface area contributed by atoms with Crippen LogP contribution in [0.15, 0.2) is 6.07 Å². The van der Waals surface area contributed by atoms with Gasteiger partial charge in [0.05, 0.1) is 0 Å². The first-order valence-corrected chi connectivity index (χ1v) is 8.26. The van der Waals surface area contributed by atoms with Crippen molar-refractivity contribution in [2.24, 2.45) is 11.8 Å². The lowest BCUT2D eigenvalue weighted by molar-refractivity contribution is 0.351. The molecule has 1 unspecified atom stereocenters. The largest absolute Gasteiger partial charge is 0.356 e. The molecule has 2 rings (SSSR count). The number of aryl methyl sites for hydroxylation is 1. The van der Waals surface area contributed by atoms with Crippen LogP contribution in [0.25, 0.3) is 0 Å². The second-order valence-corrected chi connectivity index (χ2v) is 6.52. The Kier molecular flexibility index (Phi) is 5.64. The van der Waals surface area contributed by atoms with Crippen LogP contribution in [0.5, 0.6) is 0 Å². The van der Waals surface area contributed by atoms with Crippen LogP contribution in [0.1, 0.15) is 52.3 Å². The third kappa shape index (κ3) is 4.08. The molecule has 0 saturated carbocycles. The fourth-order valence-electron chi connectivity index (χ4n) is 2.97. The molecule has 20 heavy (non-hydrogen) atoms. The number of hydrogen-bond acceptors (Lipinski definition) is 3. The van der Waals surface area contributed by atoms with E-state index in [4.69, 9.17) is 11.6 Å². The summed E-state index contributed by atoms with van der Waals surface area (Å²) in [6.45, 7) is 8.98. The minimum atomic E-state index is 0.572. The lowest BCUT2D eigenvalue weighted by Crippen LogP contribution is -2.26. The van der Waals surface area contributed by atoms with Crippen molar-refractivity contribution in [1.29, 1.82) is 0 Å². The summed E-state index contributed by atoms with van der Waals surface area (Å²) in [5, 5.41) is 0.572. The first-order chi connectivity index (χ1) is 9.60. The van der Waals surface area contributed by atoms with Crippen LogP contribution < -0.4 is 4.90 Å². The van der Waals surface area contributed by atoms with Gasteiger partial charge in [-0.15, -0.1) is 0 Å². The highest BCUT2D eigenvalue weighted by molar-refractivity contribution is 6.29. The molecule has 112 valence electrons. The van der Waals surface area contributed by atoms with Crippen molar-refractivity contribution in [3.05, 3.63) is 17.0 Å². The number of hydrogen-bond donors (Lipinski definition) is 0. The second-order valence-electron chi connectivity index (χ2n) is 6.14. The molecule has 1 fully saturated rings. The smallest absolute Gasteiger partial charge is 0.134 e. The van der Waals surface area contributed by atoms with Gasteiger partial charge in [0.1, 0.15) is 16.8 Å². The molecule has 3 nitrogen and oxygen atoms in total. The Hall–Kier alpha value is -0.830. The van der Waals surface area contributed by atoms with Gasteiger partial charge >= 0.3 is 0 Å². The van der Waals surface area contributed by atoms with Crippen LogP contribution in [-0.4, -0.2) is 23.1 Å². The van der Waals surface area contributed by atoms with Crippen LogP contribution in [0, 0.1) is 11.8 Å². The van der Waals surface area contributed by atoms with Gasteiger partial charge in [0, 0.05) is 25.6 Å². The maximum absolute atomic E-state index is 6.15. The van der Waals surface area contributed by atoms with Crippen molar-refractivity contribution in [2.45, 2.75) is 52.9 Å². The van der Waals surface area contributed by atoms with Crippen molar-refractivity contribution in [3.8, 4) is 0 Å². The summed E-state index contributed by atoms with van der Waals surface area (Å²) in [6, 6.07) is 1.91. The predicted octanol–water partition coefficient (Wildman–Crippen LogP) is 4.35. The molecular weight excluding hydrogens is 270 g/mol. The van der Waals surface area contributed by atoms with Crippen LogP contribution in [0.2, 0.25) is 5.15 Å². The molecule has 1 aromatic rings. The molecular formula is C16H26ClN3. The Morgan fingerprint density at radius 1 is 1.30 bits per heavy atom. The molecule has 1 atom stereocenters. The van der Waals surface area contributed by atoms with Gasteiger partial charge in [-0.05, 0) is 37.5 Å². The number of aromatic nitrogens is 2. The molecule has 4 heteroatoms. The van der Waals surface area contributed by atoms with Crippen LogP contribution in [0.4, 0.5) is 5.82 Å². The maximum Gasteiger partial charge on any atom is 0.134 e. The van der Waals surface area contributed by atoms with Crippen LogP contribution in [0.3, 0.4) is 0 Å². The molecule has 2 heterocycles. The molecule has 1 aliphatic rings. The van der Waals surface area contributed by atoms with Gasteiger partial charge in [0.2, 0.25) is 0 Å². The highest BCUT2D eigenvalue weighted by atomic mass is 35.5. The normalized spacial score (nSPS) is 20.2. The molecule has 0 bridgehead atoms. The van der Waals surface area contributed by atoms with Crippen molar-refractivity contribution < 1.29 is 0 Å². The standard InChI is InChI=1S/C16H26ClN3/c1-4-6-15-18-14(17)11-16(19-15)20-9-5-7-13(8-10-20)12(2)3/h11-13H,4-10H2,1-3H3. The molecule has 0 spiro atoms. The summed E-state index contributed by atoms with van der Waals surface area (Å²) in [6.07, 6.45) is 5.77. The summed E-state index contributed by atoms with van der Waals surface area (Å²) in [5.74, 6) is 3.50. The Labute approximate surface area is 127 Å². The van der Waals surface area contributed by atoms with E-state index in [1.54, 1.807) is 0 Å². The minimum absolute atomic E-state index is 0.572. The van der Waals surface area contributed by atoms with Gasteiger partial charge < -0.3 is 4.90 Å². The van der Waals surface area contributed by atoms with Crippen LogP contribution >= 0.6 is 11.6 Å². The van der Waals surface area contributed by atoms with Gasteiger partial charge in [-0.3, -0.25) is 0 Å². The average Bonchev–Trinajstić information content (AvgIpc) is 2.64. The van der Waals surface area contributed by atoms with Gasteiger partial charge in [-0.1, -0.05) is 32.4 Å². The van der Waals surface area contributed by atoms with Gasteiger partial charge in [0.25, 0.3) is 0 Å². The maximum atomic E-state index is 6.15. The molecule has 0 N–H and O–H groups in total. The zero-order valence-electron chi connectivity index (χ0n) is 12.9. The van der Waals surface area contributed by atoms with Crippen LogP contribution in [-0.2, 0) is 6.42 Å². The van der Waals surface area contributed by atoms with Gasteiger partial charge in [-0.25, -0.2) is 9.97 Å². The molecule has 0 aliphatic carbocycles. The van der Waals surface area contributed by atoms with E-state index in [2.05, 4.69) is 35.6 Å². The fraction of sp³-hybridized carbons (Fsp3) is 0.750. The van der Waals surface area contributed by atoms with Gasteiger partial charge in [0.15, 0.2) is 0 Å². The highest BCUT2D eigenvalue weighted by Crippen LogP contribution is 2.27. The topological polar surface area (TPSA) is 29.0 Å². The van der Waals surface area contributed by atoms with E-state index in [1.807, 2.05) is 6.07 Å². The van der Waals surface area contributed by atoms with Crippen molar-refractivity contribution >= 4 is 17.4 Å². The van der Waals surface area contributed by atoms with E-state index in [1.165, 1.54) is 19.3 Å². The lowest BCUT2D eigenvalue weighted by atomic mass is 9.89. The molecule has 1 saturated heterocycles. The quantitative estimate of drug-likeness (QED) is 0.774. The first-order valence-electron chi connectivity index (χ1n) is 7.88. The average molecular weight is 296 g/mol. The van der Waals surface area contributed by atoms with Crippen molar-refractivity contribution in [3.63, 3.8) is 0 Å². The van der Waals surface area contributed by atoms with E-state index in [9.17, 15) is 0 Å². The van der Waals surface area contributed by atoms with Crippen molar-refractivity contribution in [1.82, 2.24) is 9.97 Å². The summed E-state index contributed by atoms with van der Waals surface area (Å²) >= 11 is 6.15. The Balaban J connectivity index is 2.11. The number of anilines is 1. The van der Waals surface area contributed by atoms with E-state index in [0.717, 1.165) is 49.4 Å². The van der Waals surface area contributed by atoms with E-state index >= 15 is 0 Å². The number of rotatable bonds is 4. The zero-order chi connectivity index (χ0) is 14.5. The molecule has 1 aliphatic heterocycles. The number of nitrogens with zero attached hydrogens (tertiary/aromatic N) is 3. The Bertz CT molecular complexity index is 434. The Morgan fingerprint density at radius 2 is 2.10 bits per heavy atom. The first kappa shape index (κ1) is 15.6. The summed E-state index contributed by atoms with van der Waals surface area (Å²) in [7, 11) is 0. The molecule has 1 aromatic heterocycles. The fourth-order valence-corrected chi connectivity index (χ4v) is 3.16. The lowest BCUT2D eigenvalue weighted by Gasteiger charge is -2.23. The third-order valence-electron chi connectivity index (χ3n) is 4.24. The SMILES string of the molecule is CCCc1nc(Cl)cc(N2CCCC(C(C)C)CC2)n1. The summed E-state index contributed by atoms with van der Waals surface area (Å²) in [5.41, 5.74) is 0.